The number of carbonyl (C=O) groups is 1. The second-order valence-electron chi connectivity index (χ2n) is 5.55. The molecular formula is C17H17N5O3. The molecule has 0 aromatic heterocycles. The van der Waals surface area contributed by atoms with Gasteiger partial charge < -0.3 is 5.32 Å². The Morgan fingerprint density at radius 3 is 2.76 bits per heavy atom. The number of hydrogen-bond donors (Lipinski definition) is 3. The predicted molar refractivity (Wildman–Crippen MR) is 93.5 cm³/mol. The first-order valence-corrected chi connectivity index (χ1v) is 7.79. The van der Waals surface area contributed by atoms with Gasteiger partial charge in [-0.15, -0.1) is 0 Å². The van der Waals surface area contributed by atoms with Crippen molar-refractivity contribution in [3.05, 3.63) is 69.3 Å². The molecular weight excluding hydrogens is 322 g/mol. The fourth-order valence-corrected chi connectivity index (χ4v) is 2.73. The number of benzene rings is 2. The first-order chi connectivity index (χ1) is 12.0. The van der Waals surface area contributed by atoms with Crippen molar-refractivity contribution in [3.63, 3.8) is 0 Å². The van der Waals surface area contributed by atoms with Crippen LogP contribution in [-0.2, 0) is 6.54 Å². The highest BCUT2D eigenvalue weighted by molar-refractivity contribution is 6.03. The average molecular weight is 339 g/mol. The second-order valence-corrected chi connectivity index (χ2v) is 5.55. The van der Waals surface area contributed by atoms with Crippen molar-refractivity contribution in [2.75, 3.05) is 11.9 Å². The molecule has 1 aliphatic heterocycles. The molecule has 25 heavy (non-hydrogen) atoms. The number of carbonyl (C=O) groups excluding carboxylic acids is 1. The molecule has 8 heteroatoms. The van der Waals surface area contributed by atoms with E-state index in [9.17, 15) is 14.9 Å². The highest BCUT2D eigenvalue weighted by atomic mass is 16.6. The summed E-state index contributed by atoms with van der Waals surface area (Å²) in [6.07, 6.45) is 0. The summed E-state index contributed by atoms with van der Waals surface area (Å²) < 4.78 is 0. The van der Waals surface area contributed by atoms with E-state index in [-0.39, 0.29) is 17.1 Å². The van der Waals surface area contributed by atoms with Crippen LogP contribution in [0.1, 0.15) is 28.4 Å². The third-order valence-electron chi connectivity index (χ3n) is 3.93. The lowest BCUT2D eigenvalue weighted by molar-refractivity contribution is -0.384. The molecule has 2 aromatic carbocycles. The van der Waals surface area contributed by atoms with Crippen molar-refractivity contribution in [3.8, 4) is 0 Å². The summed E-state index contributed by atoms with van der Waals surface area (Å²) in [5.74, 6) is -0.300. The zero-order valence-electron chi connectivity index (χ0n) is 13.6. The normalized spacial score (nSPS) is 12.7. The first-order valence-electron chi connectivity index (χ1n) is 7.79. The van der Waals surface area contributed by atoms with Gasteiger partial charge in [-0.3, -0.25) is 30.8 Å². The standard InChI is InChI=1S/C17H17N5O3/c1-2-19-14-8-7-11(9-15(14)22(24)25)17(23)20-21-10-12-5-3-4-6-13(12)16(21)18/h3-9,18-19H,2,10H2,1H3,(H,20,23). The molecule has 0 spiro atoms. The quantitative estimate of drug-likeness (QED) is 0.572. The van der Waals surface area contributed by atoms with E-state index in [4.69, 9.17) is 5.41 Å². The molecule has 0 saturated heterocycles. The Morgan fingerprint density at radius 1 is 1.32 bits per heavy atom. The molecule has 0 fully saturated rings. The molecule has 0 unspecified atom stereocenters. The number of amidine groups is 1. The van der Waals surface area contributed by atoms with Crippen LogP contribution in [0.15, 0.2) is 42.5 Å². The Labute approximate surface area is 144 Å². The van der Waals surface area contributed by atoms with Crippen molar-refractivity contribution >= 4 is 23.1 Å². The summed E-state index contributed by atoms with van der Waals surface area (Å²) >= 11 is 0. The van der Waals surface area contributed by atoms with Gasteiger partial charge in [-0.05, 0) is 24.6 Å². The van der Waals surface area contributed by atoms with Crippen LogP contribution < -0.4 is 10.7 Å². The zero-order chi connectivity index (χ0) is 18.0. The number of rotatable bonds is 5. The molecule has 1 heterocycles. The molecule has 3 N–H and O–H groups in total. The van der Waals surface area contributed by atoms with Crippen molar-refractivity contribution < 1.29 is 9.72 Å². The van der Waals surface area contributed by atoms with Gasteiger partial charge in [-0.2, -0.15) is 0 Å². The maximum absolute atomic E-state index is 12.4. The molecule has 128 valence electrons. The summed E-state index contributed by atoms with van der Waals surface area (Å²) in [5.41, 5.74) is 4.71. The largest absolute Gasteiger partial charge is 0.380 e. The SMILES string of the molecule is CCNc1ccc(C(=O)NN2Cc3ccccc3C2=N)cc1[N+](=O)[O-]. The fraction of sp³-hybridized carbons (Fsp3) is 0.176. The van der Waals surface area contributed by atoms with Crippen LogP contribution in [-0.4, -0.2) is 28.2 Å². The van der Waals surface area contributed by atoms with Gasteiger partial charge in [0.2, 0.25) is 0 Å². The third kappa shape index (κ3) is 3.14. The third-order valence-corrected chi connectivity index (χ3v) is 3.93. The van der Waals surface area contributed by atoms with Gasteiger partial charge in [0, 0.05) is 23.7 Å². The number of amides is 1. The van der Waals surface area contributed by atoms with Crippen molar-refractivity contribution in [2.45, 2.75) is 13.5 Å². The lowest BCUT2D eigenvalue weighted by Gasteiger charge is -2.19. The molecule has 1 aliphatic rings. The van der Waals surface area contributed by atoms with Crippen LogP contribution >= 0.6 is 0 Å². The number of nitrogens with one attached hydrogen (secondary N) is 3. The minimum Gasteiger partial charge on any atom is -0.380 e. The minimum absolute atomic E-state index is 0.158. The van der Waals surface area contributed by atoms with E-state index in [0.29, 0.717) is 18.8 Å². The molecule has 0 aliphatic carbocycles. The number of fused-ring (bicyclic) bond motifs is 1. The number of anilines is 1. The average Bonchev–Trinajstić information content (AvgIpc) is 2.91. The van der Waals surface area contributed by atoms with E-state index in [1.165, 1.54) is 23.2 Å². The Kier molecular flexibility index (Phi) is 4.34. The Balaban J connectivity index is 1.79. The lowest BCUT2D eigenvalue weighted by atomic mass is 10.1. The van der Waals surface area contributed by atoms with Gasteiger partial charge in [0.15, 0.2) is 0 Å². The van der Waals surface area contributed by atoms with E-state index in [0.717, 1.165) is 11.1 Å². The number of nitro benzene ring substituents is 1. The molecule has 2 aromatic rings. The second kappa shape index (κ2) is 6.60. The number of hydrogen-bond acceptors (Lipinski definition) is 5. The van der Waals surface area contributed by atoms with E-state index < -0.39 is 10.8 Å². The van der Waals surface area contributed by atoms with Crippen molar-refractivity contribution in [1.82, 2.24) is 10.4 Å². The van der Waals surface area contributed by atoms with Gasteiger partial charge in [-0.25, -0.2) is 0 Å². The molecule has 0 bridgehead atoms. The maximum Gasteiger partial charge on any atom is 0.293 e. The molecule has 0 saturated carbocycles. The van der Waals surface area contributed by atoms with E-state index in [1.54, 1.807) is 0 Å². The lowest BCUT2D eigenvalue weighted by Crippen LogP contribution is -2.42. The van der Waals surface area contributed by atoms with Crippen molar-refractivity contribution in [1.29, 1.82) is 5.41 Å². The topological polar surface area (TPSA) is 111 Å². The van der Waals surface area contributed by atoms with Crippen LogP contribution in [0, 0.1) is 15.5 Å². The highest BCUT2D eigenvalue weighted by Gasteiger charge is 2.26. The molecule has 0 atom stereocenters. The number of hydrazine groups is 1. The van der Waals surface area contributed by atoms with E-state index in [1.807, 2.05) is 31.2 Å². The van der Waals surface area contributed by atoms with Gasteiger partial charge in [0.25, 0.3) is 11.6 Å². The molecule has 0 radical (unpaired) electrons. The summed E-state index contributed by atoms with van der Waals surface area (Å²) in [7, 11) is 0. The monoisotopic (exact) mass is 339 g/mol. The van der Waals surface area contributed by atoms with Crippen molar-refractivity contribution in [2.24, 2.45) is 0 Å². The smallest absolute Gasteiger partial charge is 0.293 e. The molecule has 3 rings (SSSR count). The van der Waals surface area contributed by atoms with Crippen LogP contribution in [0.2, 0.25) is 0 Å². The summed E-state index contributed by atoms with van der Waals surface area (Å²) in [5, 5.41) is 23.7. The highest BCUT2D eigenvalue weighted by Crippen LogP contribution is 2.26. The molecule has 1 amide bonds. The van der Waals surface area contributed by atoms with Crippen LogP contribution in [0.3, 0.4) is 0 Å². The number of nitro groups is 1. The summed E-state index contributed by atoms with van der Waals surface area (Å²) in [4.78, 5) is 23.1. The van der Waals surface area contributed by atoms with E-state index in [2.05, 4.69) is 10.7 Å². The van der Waals surface area contributed by atoms with Gasteiger partial charge in [0.1, 0.15) is 11.5 Å². The van der Waals surface area contributed by atoms with E-state index >= 15 is 0 Å². The predicted octanol–water partition coefficient (Wildman–Crippen LogP) is 2.51. The van der Waals surface area contributed by atoms with Crippen LogP contribution in [0.5, 0.6) is 0 Å². The molecule has 8 nitrogen and oxygen atoms in total. The minimum atomic E-state index is -0.525. The van der Waals surface area contributed by atoms with Gasteiger partial charge in [0.05, 0.1) is 11.5 Å². The van der Waals surface area contributed by atoms with Gasteiger partial charge >= 0.3 is 0 Å². The summed E-state index contributed by atoms with van der Waals surface area (Å²) in [6, 6.07) is 11.7. The fourth-order valence-electron chi connectivity index (χ4n) is 2.73. The van der Waals surface area contributed by atoms with Crippen LogP contribution in [0.4, 0.5) is 11.4 Å². The number of nitrogens with zero attached hydrogens (tertiary/aromatic N) is 2. The Hall–Kier alpha value is -3.42. The van der Waals surface area contributed by atoms with Gasteiger partial charge in [-0.1, -0.05) is 24.3 Å². The Bertz CT molecular complexity index is 865. The Morgan fingerprint density at radius 2 is 2.08 bits per heavy atom. The summed E-state index contributed by atoms with van der Waals surface area (Å²) in [6.45, 7) is 2.76. The maximum atomic E-state index is 12.4. The first kappa shape index (κ1) is 16.4. The zero-order valence-corrected chi connectivity index (χ0v) is 13.6. The van der Waals surface area contributed by atoms with Crippen LogP contribution in [0.25, 0.3) is 0 Å².